The molecule has 9 nitrogen and oxygen atoms in total. The predicted octanol–water partition coefficient (Wildman–Crippen LogP) is 4.70. The summed E-state index contributed by atoms with van der Waals surface area (Å²) in [4.78, 5) is 59.4. The number of carbonyl (C=O) groups excluding carboxylic acids is 4. The van der Waals surface area contributed by atoms with Gasteiger partial charge in [-0.15, -0.1) is 11.3 Å². The zero-order chi connectivity index (χ0) is 25.2. The molecule has 0 bridgehead atoms. The molecule has 0 aliphatic rings. The number of allylic oxidation sites excluding steroid dienone is 1. The number of anilines is 1. The number of amides is 1. The number of nitrogens with one attached hydrogen (secondary N) is 1. The SMILES string of the molecule is O=C(CCC(=O)OCC(=O)c1cccc([N+](=O)[O-])c1)Nc1ccc(C(=O)/C=C/c2cccs2)cc1. The molecule has 0 aliphatic carbocycles. The third-order valence-electron chi connectivity index (χ3n) is 4.69. The van der Waals surface area contributed by atoms with Gasteiger partial charge in [0.2, 0.25) is 11.7 Å². The normalized spacial score (nSPS) is 10.6. The van der Waals surface area contributed by atoms with Crippen LogP contribution in [0.3, 0.4) is 0 Å². The van der Waals surface area contributed by atoms with Crippen LogP contribution in [0, 0.1) is 10.1 Å². The monoisotopic (exact) mass is 492 g/mol. The molecule has 35 heavy (non-hydrogen) atoms. The van der Waals surface area contributed by atoms with E-state index in [9.17, 15) is 29.3 Å². The Morgan fingerprint density at radius 3 is 2.43 bits per heavy atom. The lowest BCUT2D eigenvalue weighted by Gasteiger charge is -2.07. The van der Waals surface area contributed by atoms with Crippen molar-refractivity contribution in [2.24, 2.45) is 0 Å². The molecule has 1 N–H and O–H groups in total. The summed E-state index contributed by atoms with van der Waals surface area (Å²) in [7, 11) is 0. The van der Waals surface area contributed by atoms with E-state index >= 15 is 0 Å². The summed E-state index contributed by atoms with van der Waals surface area (Å²) in [5.74, 6) is -1.95. The fourth-order valence-electron chi connectivity index (χ4n) is 2.89. The van der Waals surface area contributed by atoms with Crippen molar-refractivity contribution < 1.29 is 28.8 Å². The highest BCUT2D eigenvalue weighted by Crippen LogP contribution is 2.15. The van der Waals surface area contributed by atoms with E-state index in [1.165, 1.54) is 35.6 Å². The maximum Gasteiger partial charge on any atom is 0.306 e. The summed E-state index contributed by atoms with van der Waals surface area (Å²) in [5.41, 5.74) is 0.732. The molecule has 0 saturated heterocycles. The number of ether oxygens (including phenoxy) is 1. The number of rotatable bonds is 11. The zero-order valence-corrected chi connectivity index (χ0v) is 19.2. The molecule has 2 aromatic carbocycles. The van der Waals surface area contributed by atoms with E-state index in [1.807, 2.05) is 17.5 Å². The second-order valence-electron chi connectivity index (χ2n) is 7.23. The number of esters is 1. The highest BCUT2D eigenvalue weighted by Gasteiger charge is 2.15. The lowest BCUT2D eigenvalue weighted by molar-refractivity contribution is -0.384. The van der Waals surface area contributed by atoms with Gasteiger partial charge in [-0.2, -0.15) is 0 Å². The number of benzene rings is 2. The molecule has 1 heterocycles. The molecule has 10 heteroatoms. The molecule has 0 aliphatic heterocycles. The van der Waals surface area contributed by atoms with Crippen LogP contribution in [0.4, 0.5) is 11.4 Å². The first-order valence-corrected chi connectivity index (χ1v) is 11.3. The first-order chi connectivity index (χ1) is 16.8. The number of nitro groups is 1. The molecular formula is C25H20N2O7S. The largest absolute Gasteiger partial charge is 0.457 e. The highest BCUT2D eigenvalue weighted by atomic mass is 32.1. The number of hydrogen-bond donors (Lipinski definition) is 1. The molecule has 0 fully saturated rings. The van der Waals surface area contributed by atoms with Crippen LogP contribution in [-0.4, -0.2) is 35.0 Å². The lowest BCUT2D eigenvalue weighted by Crippen LogP contribution is -2.17. The summed E-state index contributed by atoms with van der Waals surface area (Å²) in [6, 6.07) is 15.2. The van der Waals surface area contributed by atoms with Gasteiger partial charge in [0.25, 0.3) is 5.69 Å². The van der Waals surface area contributed by atoms with Crippen LogP contribution in [0.15, 0.2) is 72.1 Å². The van der Waals surface area contributed by atoms with Crippen LogP contribution >= 0.6 is 11.3 Å². The Balaban J connectivity index is 1.41. The molecule has 178 valence electrons. The minimum Gasteiger partial charge on any atom is -0.457 e. The number of thiophene rings is 1. The zero-order valence-electron chi connectivity index (χ0n) is 18.3. The summed E-state index contributed by atoms with van der Waals surface area (Å²) < 4.78 is 4.87. The smallest absolute Gasteiger partial charge is 0.306 e. The van der Waals surface area contributed by atoms with Gasteiger partial charge in [0, 0.05) is 40.2 Å². The van der Waals surface area contributed by atoms with Gasteiger partial charge in [0.05, 0.1) is 11.3 Å². The van der Waals surface area contributed by atoms with Crippen LogP contribution in [0.25, 0.3) is 6.08 Å². The van der Waals surface area contributed by atoms with Crippen molar-refractivity contribution in [1.29, 1.82) is 0 Å². The van der Waals surface area contributed by atoms with E-state index in [0.29, 0.717) is 11.3 Å². The van der Waals surface area contributed by atoms with E-state index < -0.39 is 29.2 Å². The van der Waals surface area contributed by atoms with Crippen molar-refractivity contribution in [2.45, 2.75) is 12.8 Å². The minimum atomic E-state index is -0.752. The molecule has 0 spiro atoms. The Hall–Kier alpha value is -4.44. The summed E-state index contributed by atoms with van der Waals surface area (Å²) in [5, 5.41) is 15.3. The fourth-order valence-corrected chi connectivity index (χ4v) is 3.51. The molecule has 0 radical (unpaired) electrons. The Morgan fingerprint density at radius 1 is 0.971 bits per heavy atom. The maximum absolute atomic E-state index is 12.2. The Morgan fingerprint density at radius 2 is 1.74 bits per heavy atom. The second-order valence-corrected chi connectivity index (χ2v) is 8.21. The fraction of sp³-hybridized carbons (Fsp3) is 0.120. The van der Waals surface area contributed by atoms with Crippen molar-refractivity contribution in [3.63, 3.8) is 0 Å². The summed E-state index contributed by atoms with van der Waals surface area (Å²) in [6.07, 6.45) is 2.79. The molecule has 1 amide bonds. The number of nitro benzene ring substituents is 1. The van der Waals surface area contributed by atoms with Crippen molar-refractivity contribution in [3.8, 4) is 0 Å². The van der Waals surface area contributed by atoms with Crippen LogP contribution in [-0.2, 0) is 14.3 Å². The first kappa shape index (κ1) is 25.2. The van der Waals surface area contributed by atoms with Gasteiger partial charge in [-0.25, -0.2) is 0 Å². The van der Waals surface area contributed by atoms with Gasteiger partial charge in [0.1, 0.15) is 0 Å². The van der Waals surface area contributed by atoms with E-state index in [0.717, 1.165) is 10.9 Å². The predicted molar refractivity (Wildman–Crippen MR) is 130 cm³/mol. The van der Waals surface area contributed by atoms with Crippen LogP contribution < -0.4 is 5.32 Å². The summed E-state index contributed by atoms with van der Waals surface area (Å²) >= 11 is 1.52. The Kier molecular flexibility index (Phi) is 8.74. The second kappa shape index (κ2) is 12.1. The van der Waals surface area contributed by atoms with Crippen molar-refractivity contribution >= 4 is 52.2 Å². The number of hydrogen-bond acceptors (Lipinski definition) is 8. The summed E-state index contributed by atoms with van der Waals surface area (Å²) in [6.45, 7) is -0.585. The maximum atomic E-state index is 12.2. The number of Topliss-reactive ketones (excluding diaryl/α,β-unsaturated/α-hetero) is 1. The van der Waals surface area contributed by atoms with E-state index in [4.69, 9.17) is 4.74 Å². The standard InChI is InChI=1S/C25H20N2O7S/c28-22(11-10-21-5-2-14-35-21)17-6-8-19(9-7-17)26-24(30)12-13-25(31)34-16-23(29)18-3-1-4-20(15-18)27(32)33/h1-11,14-15H,12-13,16H2,(H,26,30)/b11-10+. The van der Waals surface area contributed by atoms with E-state index in [2.05, 4.69) is 5.32 Å². The lowest BCUT2D eigenvalue weighted by atomic mass is 10.1. The molecule has 0 saturated carbocycles. The molecule has 1 aromatic heterocycles. The number of ketones is 2. The quantitative estimate of drug-likeness (QED) is 0.135. The highest BCUT2D eigenvalue weighted by molar-refractivity contribution is 7.10. The topological polar surface area (TPSA) is 133 Å². The molecule has 0 atom stereocenters. The van der Waals surface area contributed by atoms with Gasteiger partial charge < -0.3 is 10.1 Å². The van der Waals surface area contributed by atoms with Gasteiger partial charge in [-0.05, 0) is 47.9 Å². The molecule has 0 unspecified atom stereocenters. The number of carbonyl (C=O) groups is 4. The third-order valence-corrected chi connectivity index (χ3v) is 5.53. The van der Waals surface area contributed by atoms with Crippen LogP contribution in [0.2, 0.25) is 0 Å². The molecule has 3 aromatic rings. The van der Waals surface area contributed by atoms with Crippen LogP contribution in [0.5, 0.6) is 0 Å². The van der Waals surface area contributed by atoms with Gasteiger partial charge in [-0.3, -0.25) is 29.3 Å². The first-order valence-electron chi connectivity index (χ1n) is 10.4. The van der Waals surface area contributed by atoms with Gasteiger partial charge >= 0.3 is 5.97 Å². The third kappa shape index (κ3) is 7.83. The average Bonchev–Trinajstić information content (AvgIpc) is 3.39. The Bertz CT molecular complexity index is 1270. The Labute approximate surface area is 204 Å². The number of nitrogens with zero attached hydrogens (tertiary/aromatic N) is 1. The van der Waals surface area contributed by atoms with Crippen molar-refractivity contribution in [1.82, 2.24) is 0 Å². The van der Waals surface area contributed by atoms with Gasteiger partial charge in [0.15, 0.2) is 12.4 Å². The number of non-ortho nitro benzene ring substituents is 1. The van der Waals surface area contributed by atoms with E-state index in [1.54, 1.807) is 30.3 Å². The van der Waals surface area contributed by atoms with Gasteiger partial charge in [-0.1, -0.05) is 18.2 Å². The van der Waals surface area contributed by atoms with Crippen LogP contribution in [0.1, 0.15) is 38.4 Å². The average molecular weight is 493 g/mol. The minimum absolute atomic E-state index is 0.0497. The molecule has 3 rings (SSSR count). The van der Waals surface area contributed by atoms with Crippen molar-refractivity contribution in [2.75, 3.05) is 11.9 Å². The molecular weight excluding hydrogens is 472 g/mol. The van der Waals surface area contributed by atoms with Crippen molar-refractivity contribution in [3.05, 3.63) is 98.2 Å². The van der Waals surface area contributed by atoms with E-state index in [-0.39, 0.29) is 29.9 Å².